The molecule has 0 spiro atoms. The first-order chi connectivity index (χ1) is 66.3. The van der Waals surface area contributed by atoms with Crippen LogP contribution in [0.25, 0.3) is 11.1 Å². The number of aliphatic hydroxyl groups excluding tert-OH is 2. The Morgan fingerprint density at radius 2 is 0.752 bits per heavy atom. The van der Waals surface area contributed by atoms with Gasteiger partial charge in [0, 0.05) is 83.8 Å². The van der Waals surface area contributed by atoms with Crippen molar-refractivity contribution in [1.29, 1.82) is 0 Å². The minimum Gasteiger partial charge on any atom is -0.857 e. The van der Waals surface area contributed by atoms with E-state index in [-0.39, 0.29) is 165 Å². The number of Topliss-reactive ketones (excluding diaryl/α,β-unsaturated/α-hetero) is 1. The molecule has 13 rings (SSSR count). The monoisotopic (exact) mass is 2030 g/mol. The number of carboxylic acid groups (broad SMARTS) is 1. The average molecular weight is 2030 g/mol. The number of nitrogens with two attached hydrogens (primary N) is 1. The zero-order chi connectivity index (χ0) is 103. The number of aliphatic imine (C=N–C) groups is 2. The number of methoxy groups -OCH3 is 3. The van der Waals surface area contributed by atoms with Crippen molar-refractivity contribution in [3.8, 4) is 0 Å². The number of amides is 3. The van der Waals surface area contributed by atoms with E-state index in [4.69, 9.17) is 77.5 Å². The number of esters is 5. The van der Waals surface area contributed by atoms with Crippen LogP contribution in [-0.2, 0) is 67.8 Å². The molecule has 11 aromatic carbocycles. The Morgan fingerprint density at radius 1 is 0.475 bits per heavy atom. The van der Waals surface area contributed by atoms with Gasteiger partial charge in [0.2, 0.25) is 11.8 Å². The Morgan fingerprint density at radius 3 is 1.03 bits per heavy atom. The molecule has 39 heteroatoms. The fraction of sp³-hybridized carbons (Fsp3) is 0.196. The van der Waals surface area contributed by atoms with Crippen LogP contribution in [0.15, 0.2) is 360 Å². The molecule has 11 aromatic rings. The Labute approximate surface area is 894 Å². The predicted molar refractivity (Wildman–Crippen MR) is 528 cm³/mol. The van der Waals surface area contributed by atoms with Crippen molar-refractivity contribution in [2.24, 2.45) is 21.1 Å². The topological polar surface area (TPSA) is 524 Å². The second-order valence-corrected chi connectivity index (χ2v) is 28.7. The number of ketones is 1. The molecule has 2 heterocycles. The Hall–Kier alpha value is -12.6. The van der Waals surface area contributed by atoms with E-state index in [1.165, 1.54) is 32.9 Å². The van der Waals surface area contributed by atoms with Crippen LogP contribution in [0.5, 0.6) is 0 Å². The number of benzene rings is 11. The Bertz CT molecular complexity index is 5590. The molecule has 141 heavy (non-hydrogen) atoms. The number of rotatable bonds is 22. The molecule has 0 fully saturated rings. The molecule has 0 saturated heterocycles. The minimum atomic E-state index is -4.67. The molecule has 740 valence electrons. The quantitative estimate of drug-likeness (QED) is 0.00355. The number of ether oxygens (including phenoxy) is 5. The number of allylic oxidation sites excluding steroid dienone is 2. The predicted octanol–water partition coefficient (Wildman–Crippen LogP) is 8.21. The largest absolute Gasteiger partial charge is 1.00 e. The van der Waals surface area contributed by atoms with Crippen molar-refractivity contribution in [3.63, 3.8) is 0 Å². The molecule has 0 saturated carbocycles. The van der Waals surface area contributed by atoms with Crippen LogP contribution in [-0.4, -0.2) is 178 Å². The van der Waals surface area contributed by atoms with Gasteiger partial charge >= 0.3 is 127 Å². The number of cyclic esters (lactones) is 2. The number of aliphatic hydroxyl groups is 2. The van der Waals surface area contributed by atoms with Crippen LogP contribution in [0.1, 0.15) is 140 Å². The summed E-state index contributed by atoms with van der Waals surface area (Å²) in [6.45, 7) is 11.0. The van der Waals surface area contributed by atoms with Gasteiger partial charge in [-0.2, -0.15) is 19.4 Å². The number of hydrogen-bond donors (Lipinski definition) is 9. The average Bonchev–Trinajstić information content (AvgIpc) is 1.80. The third-order valence-corrected chi connectivity index (χ3v) is 18.6. The second kappa shape index (κ2) is 78.2. The smallest absolute Gasteiger partial charge is 0.857 e. The number of carboxylic acids is 1. The maximum absolute atomic E-state index is 12.3. The van der Waals surface area contributed by atoms with Crippen LogP contribution in [0.4, 0.5) is 3.89 Å². The number of halogens is 2. The van der Waals surface area contributed by atoms with Gasteiger partial charge in [0.15, 0.2) is 11.5 Å². The summed E-state index contributed by atoms with van der Waals surface area (Å²) in [5.41, 5.74) is 16.1. The molecule has 2 aliphatic heterocycles. The van der Waals surface area contributed by atoms with Crippen molar-refractivity contribution < 1.29 is 205 Å². The molecule has 1 unspecified atom stereocenters. The molecule has 0 aliphatic carbocycles. The van der Waals surface area contributed by atoms with E-state index in [0.29, 0.717) is 39.8 Å². The Kier molecular flexibility index (Phi) is 73.5. The zero-order valence-corrected chi connectivity index (χ0v) is 87.8. The summed E-state index contributed by atoms with van der Waals surface area (Å²) in [5.74, 6) is -3.70. The molecule has 0 radical (unpaired) electrons. The number of nitrogens with one attached hydrogen (secondary N) is 3. The second-order valence-electron chi connectivity index (χ2n) is 27.5. The van der Waals surface area contributed by atoms with Crippen molar-refractivity contribution in [2.75, 3.05) is 55.5 Å². The van der Waals surface area contributed by atoms with Crippen molar-refractivity contribution in [1.82, 2.24) is 16.0 Å². The van der Waals surface area contributed by atoms with E-state index >= 15 is 0 Å². The first-order valence-electron chi connectivity index (χ1n) is 41.2. The van der Waals surface area contributed by atoms with Gasteiger partial charge in [-0.1, -0.05) is 294 Å². The van der Waals surface area contributed by atoms with Gasteiger partial charge in [-0.25, -0.2) is 34.0 Å². The molecular weight excluding hydrogens is 1920 g/mol. The Balaban J connectivity index is -0.00000154. The minimum absolute atomic E-state index is 0. The SMILES string of the molecule is C/C(=C1/N=C(c2ccccc2)OC1=O)c1ccccc1.CC(=O)c1ccccc1.CO.CO.COC(=O)/C(NC(=O)c1ccccc1)=C(\C)c1ccccc1.COC(=O)[C@@H](NC(=O)c1ccccc1)[C@H](C)c1ccccc1.COC(=O)[C@H](NC(=O)c1ccccc1)[C@@H](C)c1ccccc1.CSF.C[C@@H](c1ccccc1)C(N)C(=O)O.C[O-].Cl.O=C1CN=C(c2ccccc2)O1.O=NO[O-].O=S(=O)(O)O.[K+].[Na+]. The standard InChI is InChI=1S/2C18H19NO3.C18H17NO3.C17H13NO2.C10H13NO2.C9H7NO2.C8H8O.CH3FS.2CH4O.CH3O.ClH.K.HNO3.Na.H2O4S/c3*1-13(14-9-5-3-6-10-14)16(18(21)22-2)19-17(20)15-11-7-4-8-12-15;1-12(13-8-4-2-5-9-13)15-17(19)20-16(18-15)14-10-6-3-7-11-14;1-7(9(11)10(12)13)8-5-3-2-4-6-8;11-8-6-10-9(12-8)7-4-2-1-3-5-7;1-7(9)8-5-3-2-4-6-8;1-3-2;3*1-2;;;2-1-4-3;;1-5(2,3)4/h2*3-13,16H,1-2H3,(H,19,20);3-12H,1-2H3,(H,19,20);2-11H,1H3;2-7,9H,11H2,1H3,(H,12,13);1-5H,6H2;2-6H,1H3;1H3;2*2H,1H3;1H3;1H;;3H;;(H2,1,2,3,4)/q;;;;;;;;;;-1;;+1;;+1;/p-1/b;;16-13-;15-12-;;;;;;;;;;;;/t2*13-,16+;;;7-,9?;;;;;;;;;;;/m10..0.........../s1. The zero-order valence-electron chi connectivity index (χ0n) is 80.3. The normalized spacial score (nSPS) is 12.3. The van der Waals surface area contributed by atoms with Crippen LogP contribution in [0.2, 0.25) is 0 Å². The van der Waals surface area contributed by atoms with E-state index in [1.807, 2.05) is 289 Å². The van der Waals surface area contributed by atoms with Crippen LogP contribution < -0.4 is 113 Å². The fourth-order valence-electron chi connectivity index (χ4n) is 11.5. The number of carbonyl (C=O) groups excluding carboxylic acids is 9. The number of carbonyl (C=O) groups is 10. The van der Waals surface area contributed by atoms with Gasteiger partial charge < -0.3 is 76.0 Å². The van der Waals surface area contributed by atoms with Crippen molar-refractivity contribution in [2.45, 2.75) is 77.4 Å². The molecule has 10 N–H and O–H groups in total. The van der Waals surface area contributed by atoms with Gasteiger partial charge in [0.1, 0.15) is 35.7 Å². The molecule has 0 bridgehead atoms. The maximum Gasteiger partial charge on any atom is 1.00 e. The van der Waals surface area contributed by atoms with Gasteiger partial charge in [0.05, 0.1) is 21.3 Å². The van der Waals surface area contributed by atoms with Gasteiger partial charge in [-0.05, 0) is 120 Å². The van der Waals surface area contributed by atoms with Gasteiger partial charge in [0.25, 0.3) is 17.7 Å². The maximum atomic E-state index is 12.3. The first-order valence-corrected chi connectivity index (χ1v) is 43.8. The first kappa shape index (κ1) is 133. The number of hydrogen-bond acceptors (Lipinski definition) is 28. The molecule has 6 atom stereocenters. The summed E-state index contributed by atoms with van der Waals surface area (Å²) in [4.78, 5) is 136. The summed E-state index contributed by atoms with van der Waals surface area (Å²) >= 11 is 0.250. The number of nitrogens with zero attached hydrogens (tertiary/aromatic N) is 3. The van der Waals surface area contributed by atoms with Gasteiger partial charge in [-0.3, -0.25) is 33.1 Å². The number of aliphatic carboxylic acids is 1. The third-order valence-electron chi connectivity index (χ3n) is 18.6. The summed E-state index contributed by atoms with van der Waals surface area (Å²) in [6, 6.07) is 99.6. The van der Waals surface area contributed by atoms with E-state index in [0.717, 1.165) is 71.4 Å². The van der Waals surface area contributed by atoms with E-state index in [2.05, 4.69) is 30.9 Å². The van der Waals surface area contributed by atoms with Crippen LogP contribution in [0, 0.1) is 4.91 Å². The van der Waals surface area contributed by atoms with Gasteiger partial charge in [-0.15, -0.1) is 17.3 Å². The fourth-order valence-corrected chi connectivity index (χ4v) is 11.5. The molecular formula is C102H113ClFKN7NaO26S2. The van der Waals surface area contributed by atoms with Crippen molar-refractivity contribution >= 4 is 117 Å². The molecule has 2 aliphatic rings. The summed E-state index contributed by atoms with van der Waals surface area (Å²) in [5, 5.41) is 48.9. The van der Waals surface area contributed by atoms with E-state index in [1.54, 1.807) is 86.6 Å². The van der Waals surface area contributed by atoms with Crippen molar-refractivity contribution in [3.05, 3.63) is 411 Å². The van der Waals surface area contributed by atoms with E-state index < -0.39 is 58.4 Å². The molecule has 3 amide bonds. The summed E-state index contributed by atoms with van der Waals surface area (Å²) in [6.07, 6.45) is 1.38. The molecule has 33 nitrogen and oxygen atoms in total. The third kappa shape index (κ3) is 52.5. The molecule has 0 aromatic heterocycles. The van der Waals surface area contributed by atoms with E-state index in [9.17, 15) is 51.8 Å². The van der Waals surface area contributed by atoms with Crippen LogP contribution >= 0.6 is 24.6 Å². The van der Waals surface area contributed by atoms with Crippen LogP contribution in [0.3, 0.4) is 0 Å². The summed E-state index contributed by atoms with van der Waals surface area (Å²) in [7, 11) is 2.01. The summed E-state index contributed by atoms with van der Waals surface area (Å²) < 4.78 is 66.4.